The van der Waals surface area contributed by atoms with Gasteiger partial charge in [-0.15, -0.1) is 0 Å². The molecule has 11 rings (SSSR count). The molecule has 0 radical (unpaired) electrons. The molecule has 0 aliphatic rings. The second-order valence-corrected chi connectivity index (χ2v) is 15.5. The summed E-state index contributed by atoms with van der Waals surface area (Å²) in [7, 11) is 0. The second kappa shape index (κ2) is 14.8. The van der Waals surface area contributed by atoms with Gasteiger partial charge in [0, 0.05) is 0 Å². The van der Waals surface area contributed by atoms with Crippen molar-refractivity contribution in [1.82, 2.24) is 0 Å². The van der Waals surface area contributed by atoms with Crippen LogP contribution >= 0.6 is 0 Å². The molecule has 0 N–H and O–H groups in total. The van der Waals surface area contributed by atoms with Gasteiger partial charge in [-0.2, -0.15) is 0 Å². The zero-order valence-corrected chi connectivity index (χ0v) is 32.6. The Kier molecular flexibility index (Phi) is 8.68. The lowest BCUT2D eigenvalue weighted by Crippen LogP contribution is -1.96. The molecule has 0 saturated carbocycles. The van der Waals surface area contributed by atoms with Crippen molar-refractivity contribution in [3.63, 3.8) is 0 Å². The Hall–Kier alpha value is -7.54. The van der Waals surface area contributed by atoms with Gasteiger partial charge in [0.05, 0.1) is 0 Å². The third-order valence-corrected chi connectivity index (χ3v) is 12.1. The molecule has 11 aromatic rings. The van der Waals surface area contributed by atoms with Crippen molar-refractivity contribution in [1.29, 1.82) is 0 Å². The van der Waals surface area contributed by atoms with Crippen LogP contribution in [-0.4, -0.2) is 0 Å². The minimum absolute atomic E-state index is 0.862. The predicted octanol–water partition coefficient (Wildman–Crippen LogP) is 16.2. The number of benzene rings is 11. The molecule has 59 heavy (non-hydrogen) atoms. The quantitative estimate of drug-likeness (QED) is 0.142. The highest BCUT2D eigenvalue weighted by molar-refractivity contribution is 6.22. The molecule has 0 unspecified atom stereocenters. The summed E-state index contributed by atoms with van der Waals surface area (Å²) < 4.78 is 0. The van der Waals surface area contributed by atoms with Crippen molar-refractivity contribution in [3.8, 4) is 55.6 Å². The summed E-state index contributed by atoms with van der Waals surface area (Å²) in [4.78, 5) is 0. The van der Waals surface area contributed by atoms with Gasteiger partial charge in [0.25, 0.3) is 0 Å². The van der Waals surface area contributed by atoms with E-state index in [2.05, 4.69) is 231 Å². The minimum Gasteiger partial charge on any atom is -0.0622 e. The molecule has 0 saturated heterocycles. The predicted molar refractivity (Wildman–Crippen MR) is 253 cm³/mol. The number of hydrogen-bond donors (Lipinski definition) is 0. The Bertz CT molecular complexity index is 3230. The molecule has 0 spiro atoms. The van der Waals surface area contributed by atoms with E-state index in [1.54, 1.807) is 0 Å². The van der Waals surface area contributed by atoms with Crippen LogP contribution in [0, 0.1) is 0 Å². The first-order chi connectivity index (χ1) is 29.3. The maximum Gasteiger partial charge on any atom is -0.00134 e. The van der Waals surface area contributed by atoms with Gasteiger partial charge in [-0.25, -0.2) is 0 Å². The molecule has 0 aliphatic heterocycles. The second-order valence-electron chi connectivity index (χ2n) is 15.5. The van der Waals surface area contributed by atoms with Crippen molar-refractivity contribution in [2.75, 3.05) is 0 Å². The summed E-state index contributed by atoms with van der Waals surface area (Å²) >= 11 is 0. The summed E-state index contributed by atoms with van der Waals surface area (Å²) in [6, 6.07) is 84.6. The van der Waals surface area contributed by atoms with Crippen LogP contribution in [0.3, 0.4) is 0 Å². The minimum atomic E-state index is 0.862. The van der Waals surface area contributed by atoms with E-state index in [4.69, 9.17) is 0 Å². The molecule has 0 heterocycles. The smallest absolute Gasteiger partial charge is 0.00134 e. The Morgan fingerprint density at radius 1 is 0.203 bits per heavy atom. The molecular formula is C59H40. The molecule has 0 atom stereocenters. The van der Waals surface area contributed by atoms with Crippen LogP contribution < -0.4 is 0 Å². The van der Waals surface area contributed by atoms with Crippen LogP contribution in [0.2, 0.25) is 0 Å². The zero-order chi connectivity index (χ0) is 39.1. The normalized spacial score (nSPS) is 11.5. The van der Waals surface area contributed by atoms with E-state index in [0.29, 0.717) is 0 Å². The molecule has 11 aromatic carbocycles. The van der Waals surface area contributed by atoms with Crippen LogP contribution in [-0.2, 0) is 6.42 Å². The van der Waals surface area contributed by atoms with E-state index in [-0.39, 0.29) is 0 Å². The van der Waals surface area contributed by atoms with E-state index in [1.165, 1.54) is 110 Å². The fraction of sp³-hybridized carbons (Fsp3) is 0.0169. The number of fused-ring (bicyclic) bond motifs is 4. The molecule has 0 fully saturated rings. The standard InChI is InChI=1S/C59H40/c1-4-16-41(17-5-1)43-30-28-40(29-31-43)38-55-48-22-10-12-24-50(48)57(51-25-13-11-23-49(51)55)45-32-34-46(35-33-45)58-52-26-14-15-27-53(52)59(44-20-8-3-9-21-44)56-39-47(36-37-54(56)58)42-18-6-2-7-19-42/h1-37,39H,38H2. The van der Waals surface area contributed by atoms with Gasteiger partial charge in [-0.05, 0) is 122 Å². The molecule has 0 amide bonds. The van der Waals surface area contributed by atoms with Gasteiger partial charge < -0.3 is 0 Å². The van der Waals surface area contributed by atoms with E-state index in [9.17, 15) is 0 Å². The fourth-order valence-corrected chi connectivity index (χ4v) is 9.39. The van der Waals surface area contributed by atoms with E-state index in [0.717, 1.165) is 6.42 Å². The van der Waals surface area contributed by atoms with Crippen molar-refractivity contribution in [2.45, 2.75) is 6.42 Å². The summed E-state index contributed by atoms with van der Waals surface area (Å²) in [6.07, 6.45) is 0.862. The summed E-state index contributed by atoms with van der Waals surface area (Å²) in [5.41, 5.74) is 15.1. The van der Waals surface area contributed by atoms with Crippen LogP contribution in [0.15, 0.2) is 231 Å². The largest absolute Gasteiger partial charge is 0.0622 e. The topological polar surface area (TPSA) is 0 Å². The molecule has 276 valence electrons. The molecule has 0 aliphatic carbocycles. The first kappa shape index (κ1) is 34.7. The molecule has 0 bridgehead atoms. The third kappa shape index (κ3) is 6.18. The van der Waals surface area contributed by atoms with Crippen molar-refractivity contribution >= 4 is 43.1 Å². The van der Waals surface area contributed by atoms with Gasteiger partial charge in [0.1, 0.15) is 0 Å². The van der Waals surface area contributed by atoms with Crippen LogP contribution in [0.5, 0.6) is 0 Å². The summed E-state index contributed by atoms with van der Waals surface area (Å²) in [5.74, 6) is 0. The van der Waals surface area contributed by atoms with Gasteiger partial charge >= 0.3 is 0 Å². The highest BCUT2D eigenvalue weighted by atomic mass is 14.2. The van der Waals surface area contributed by atoms with Gasteiger partial charge in [0.15, 0.2) is 0 Å². The molecule has 0 nitrogen and oxygen atoms in total. The molecule has 0 heteroatoms. The highest BCUT2D eigenvalue weighted by Gasteiger charge is 2.19. The van der Waals surface area contributed by atoms with Crippen LogP contribution in [0.1, 0.15) is 11.1 Å². The summed E-state index contributed by atoms with van der Waals surface area (Å²) in [6.45, 7) is 0. The Balaban J connectivity index is 1.06. The van der Waals surface area contributed by atoms with Gasteiger partial charge in [-0.3, -0.25) is 0 Å². The van der Waals surface area contributed by atoms with E-state index < -0.39 is 0 Å². The highest BCUT2D eigenvalue weighted by Crippen LogP contribution is 2.46. The SMILES string of the molecule is c1ccc(-c2ccc(Cc3c4ccccc4c(-c4ccc(-c5c6ccccc6c(-c6ccccc6)c6cc(-c7ccccc7)ccc56)cc4)c4ccccc34)cc2)cc1. The van der Waals surface area contributed by atoms with Crippen molar-refractivity contribution < 1.29 is 0 Å². The van der Waals surface area contributed by atoms with Crippen molar-refractivity contribution in [3.05, 3.63) is 242 Å². The van der Waals surface area contributed by atoms with Crippen LogP contribution in [0.4, 0.5) is 0 Å². The van der Waals surface area contributed by atoms with Crippen molar-refractivity contribution in [2.24, 2.45) is 0 Å². The fourth-order valence-electron chi connectivity index (χ4n) is 9.39. The lowest BCUT2D eigenvalue weighted by atomic mass is 9.84. The number of rotatable bonds is 7. The first-order valence-corrected chi connectivity index (χ1v) is 20.6. The number of hydrogen-bond acceptors (Lipinski definition) is 0. The van der Waals surface area contributed by atoms with Gasteiger partial charge in [0.2, 0.25) is 0 Å². The molecular weight excluding hydrogens is 709 g/mol. The lowest BCUT2D eigenvalue weighted by Gasteiger charge is -2.20. The Morgan fingerprint density at radius 3 is 1.00 bits per heavy atom. The zero-order valence-electron chi connectivity index (χ0n) is 32.6. The lowest BCUT2D eigenvalue weighted by molar-refractivity contribution is 1.23. The first-order valence-electron chi connectivity index (χ1n) is 20.6. The monoisotopic (exact) mass is 748 g/mol. The molecule has 0 aromatic heterocycles. The van der Waals surface area contributed by atoms with E-state index in [1.807, 2.05) is 0 Å². The maximum atomic E-state index is 2.40. The van der Waals surface area contributed by atoms with Gasteiger partial charge in [-0.1, -0.05) is 224 Å². The van der Waals surface area contributed by atoms with E-state index >= 15 is 0 Å². The van der Waals surface area contributed by atoms with Crippen LogP contribution in [0.25, 0.3) is 98.7 Å². The maximum absolute atomic E-state index is 2.40. The Labute approximate surface area is 345 Å². The Morgan fingerprint density at radius 2 is 0.508 bits per heavy atom. The average Bonchev–Trinajstić information content (AvgIpc) is 3.32. The summed E-state index contributed by atoms with van der Waals surface area (Å²) in [5, 5.41) is 10.2. The average molecular weight is 749 g/mol. The third-order valence-electron chi connectivity index (χ3n) is 12.1.